The Labute approximate surface area is 165 Å². The number of likely N-dealkylation sites (N-methyl/N-ethyl adjacent to an activating group) is 1. The minimum atomic E-state index is -1.20. The van der Waals surface area contributed by atoms with E-state index < -0.39 is 17.5 Å². The van der Waals surface area contributed by atoms with Crippen molar-refractivity contribution in [1.29, 1.82) is 0 Å². The van der Waals surface area contributed by atoms with Gasteiger partial charge in [-0.15, -0.1) is 0 Å². The lowest BCUT2D eigenvalue weighted by Crippen LogP contribution is -2.44. The molecule has 1 N–H and O–H groups in total. The molecule has 4 amide bonds. The average Bonchev–Trinajstić information content (AvgIpc) is 2.93. The van der Waals surface area contributed by atoms with Crippen molar-refractivity contribution in [2.75, 3.05) is 20.2 Å². The third-order valence-corrected chi connectivity index (χ3v) is 5.47. The molecule has 0 spiro atoms. The predicted molar refractivity (Wildman–Crippen MR) is 105 cm³/mol. The zero-order valence-corrected chi connectivity index (χ0v) is 16.7. The van der Waals surface area contributed by atoms with Crippen molar-refractivity contribution in [1.82, 2.24) is 15.1 Å². The molecule has 0 aromatic heterocycles. The highest BCUT2D eigenvalue weighted by atomic mass is 16.5. The minimum absolute atomic E-state index is 0.238. The second kappa shape index (κ2) is 8.04. The van der Waals surface area contributed by atoms with Crippen LogP contribution in [-0.4, -0.2) is 47.8 Å². The molecule has 0 bridgehead atoms. The molecule has 7 nitrogen and oxygen atoms in total. The van der Waals surface area contributed by atoms with Gasteiger partial charge in [-0.25, -0.2) is 4.79 Å². The molecule has 0 radical (unpaired) electrons. The van der Waals surface area contributed by atoms with Gasteiger partial charge < -0.3 is 15.0 Å². The normalized spacial score (nSPS) is 22.0. The molecule has 150 valence electrons. The molecule has 1 aliphatic carbocycles. The van der Waals surface area contributed by atoms with Gasteiger partial charge in [-0.1, -0.05) is 18.2 Å². The average molecular weight is 385 g/mol. The summed E-state index contributed by atoms with van der Waals surface area (Å²) in [5.74, 6) is -0.00155. The molecular formula is C21H27N3O4. The number of benzene rings is 1. The quantitative estimate of drug-likeness (QED) is 0.764. The van der Waals surface area contributed by atoms with E-state index in [1.807, 2.05) is 6.92 Å². The standard InChI is InChI=1S/C21H27N3O4/c1-4-23(16-8-6-5-7-9-16)18(25)14-24-19(26)21(2,22-20(24)27)15-10-12-17(28-3)13-11-15/h8,10-13H,4-7,9,14H2,1-3H3,(H,22,27)/t21-/m1/s1. The van der Waals surface area contributed by atoms with E-state index in [2.05, 4.69) is 11.4 Å². The molecule has 1 heterocycles. The first-order chi connectivity index (χ1) is 13.4. The number of amides is 4. The smallest absolute Gasteiger partial charge is 0.325 e. The van der Waals surface area contributed by atoms with Gasteiger partial charge in [0.25, 0.3) is 5.91 Å². The van der Waals surface area contributed by atoms with Gasteiger partial charge in [0.05, 0.1) is 7.11 Å². The van der Waals surface area contributed by atoms with Crippen molar-refractivity contribution in [2.24, 2.45) is 0 Å². The summed E-state index contributed by atoms with van der Waals surface area (Å²) in [4.78, 5) is 41.1. The summed E-state index contributed by atoms with van der Waals surface area (Å²) < 4.78 is 5.14. The summed E-state index contributed by atoms with van der Waals surface area (Å²) in [5, 5.41) is 2.74. The minimum Gasteiger partial charge on any atom is -0.497 e. The highest BCUT2D eigenvalue weighted by Crippen LogP contribution is 2.30. The molecule has 28 heavy (non-hydrogen) atoms. The van der Waals surface area contributed by atoms with Crippen LogP contribution in [-0.2, 0) is 15.1 Å². The largest absolute Gasteiger partial charge is 0.497 e. The van der Waals surface area contributed by atoms with Crippen molar-refractivity contribution in [3.63, 3.8) is 0 Å². The third-order valence-electron chi connectivity index (χ3n) is 5.47. The summed E-state index contributed by atoms with van der Waals surface area (Å²) >= 11 is 0. The van der Waals surface area contributed by atoms with E-state index in [1.54, 1.807) is 43.2 Å². The van der Waals surface area contributed by atoms with Crippen LogP contribution in [0.3, 0.4) is 0 Å². The molecule has 1 fully saturated rings. The second-order valence-electron chi connectivity index (χ2n) is 7.25. The number of nitrogens with zero attached hydrogens (tertiary/aromatic N) is 2. The SMILES string of the molecule is CCN(C(=O)CN1C(=O)N[C@](C)(c2ccc(OC)cc2)C1=O)C1=CCCCC1. The summed E-state index contributed by atoms with van der Waals surface area (Å²) in [6.07, 6.45) is 6.07. The fourth-order valence-electron chi connectivity index (χ4n) is 3.79. The van der Waals surface area contributed by atoms with Crippen LogP contribution >= 0.6 is 0 Å². The summed E-state index contributed by atoms with van der Waals surface area (Å²) in [6, 6.07) is 6.41. The van der Waals surface area contributed by atoms with Crippen molar-refractivity contribution in [3.05, 3.63) is 41.6 Å². The van der Waals surface area contributed by atoms with Crippen LogP contribution in [0.15, 0.2) is 36.0 Å². The molecule has 2 aliphatic rings. The van der Waals surface area contributed by atoms with E-state index in [4.69, 9.17) is 4.74 Å². The number of allylic oxidation sites excluding steroid dienone is 2. The number of urea groups is 1. The molecule has 1 saturated heterocycles. The predicted octanol–water partition coefficient (Wildman–Crippen LogP) is 2.77. The van der Waals surface area contributed by atoms with Crippen LogP contribution in [0.5, 0.6) is 5.75 Å². The summed E-state index contributed by atoms with van der Waals surface area (Å²) in [6.45, 7) is 3.81. The van der Waals surface area contributed by atoms with Gasteiger partial charge in [0.1, 0.15) is 17.8 Å². The molecule has 1 aliphatic heterocycles. The molecule has 0 unspecified atom stereocenters. The third kappa shape index (κ3) is 3.61. The zero-order chi connectivity index (χ0) is 20.3. The molecule has 1 atom stereocenters. The monoisotopic (exact) mass is 385 g/mol. The lowest BCUT2D eigenvalue weighted by molar-refractivity contribution is -0.138. The Hall–Kier alpha value is -2.83. The van der Waals surface area contributed by atoms with Crippen molar-refractivity contribution < 1.29 is 19.1 Å². The first kappa shape index (κ1) is 19.9. The van der Waals surface area contributed by atoms with Crippen LogP contribution < -0.4 is 10.1 Å². The number of methoxy groups -OCH3 is 1. The number of nitrogens with one attached hydrogen (secondary N) is 1. The number of imide groups is 1. The van der Waals surface area contributed by atoms with Crippen LogP contribution in [0.2, 0.25) is 0 Å². The summed E-state index contributed by atoms with van der Waals surface area (Å²) in [7, 11) is 1.56. The highest BCUT2D eigenvalue weighted by Gasteiger charge is 2.49. The van der Waals surface area contributed by atoms with Gasteiger partial charge in [0.15, 0.2) is 0 Å². The van der Waals surface area contributed by atoms with Gasteiger partial charge in [0, 0.05) is 12.2 Å². The van der Waals surface area contributed by atoms with Crippen molar-refractivity contribution in [2.45, 2.75) is 45.1 Å². The van der Waals surface area contributed by atoms with E-state index in [0.717, 1.165) is 36.3 Å². The first-order valence-corrected chi connectivity index (χ1v) is 9.68. The second-order valence-corrected chi connectivity index (χ2v) is 7.25. The molecular weight excluding hydrogens is 358 g/mol. The van der Waals surface area contributed by atoms with Crippen LogP contribution in [0.4, 0.5) is 4.79 Å². The Bertz CT molecular complexity index is 802. The van der Waals surface area contributed by atoms with E-state index in [1.165, 1.54) is 0 Å². The Morgan fingerprint density at radius 2 is 1.96 bits per heavy atom. The van der Waals surface area contributed by atoms with E-state index in [-0.39, 0.29) is 12.5 Å². The maximum atomic E-state index is 13.0. The molecule has 1 aromatic rings. The number of rotatable bonds is 6. The van der Waals surface area contributed by atoms with Crippen LogP contribution in [0.25, 0.3) is 0 Å². The molecule has 1 aromatic carbocycles. The van der Waals surface area contributed by atoms with Gasteiger partial charge in [-0.3, -0.25) is 14.5 Å². The Kier molecular flexibility index (Phi) is 5.72. The highest BCUT2D eigenvalue weighted by molar-refractivity contribution is 6.09. The maximum absolute atomic E-state index is 13.0. The Balaban J connectivity index is 1.77. The topological polar surface area (TPSA) is 79.0 Å². The van der Waals surface area contributed by atoms with E-state index >= 15 is 0 Å². The van der Waals surface area contributed by atoms with Crippen LogP contribution in [0.1, 0.15) is 45.1 Å². The van der Waals surface area contributed by atoms with Gasteiger partial charge >= 0.3 is 6.03 Å². The number of ether oxygens (including phenoxy) is 1. The molecule has 7 heteroatoms. The molecule has 0 saturated carbocycles. The summed E-state index contributed by atoms with van der Waals surface area (Å²) in [5.41, 5.74) is 0.429. The number of hydrogen-bond donors (Lipinski definition) is 1. The van der Waals surface area contributed by atoms with Gasteiger partial charge in [0.2, 0.25) is 5.91 Å². The van der Waals surface area contributed by atoms with Crippen molar-refractivity contribution in [3.8, 4) is 5.75 Å². The fourth-order valence-corrected chi connectivity index (χ4v) is 3.79. The Morgan fingerprint density at radius 1 is 1.25 bits per heavy atom. The fraction of sp³-hybridized carbons (Fsp3) is 0.476. The van der Waals surface area contributed by atoms with Gasteiger partial charge in [-0.05, 0) is 57.2 Å². The number of carbonyl (C=O) groups is 3. The number of hydrogen-bond acceptors (Lipinski definition) is 4. The molecule has 3 rings (SSSR count). The lowest BCUT2D eigenvalue weighted by Gasteiger charge is -2.28. The van der Waals surface area contributed by atoms with E-state index in [9.17, 15) is 14.4 Å². The van der Waals surface area contributed by atoms with E-state index in [0.29, 0.717) is 17.9 Å². The van der Waals surface area contributed by atoms with Crippen molar-refractivity contribution >= 4 is 17.8 Å². The van der Waals surface area contributed by atoms with Gasteiger partial charge in [-0.2, -0.15) is 0 Å². The first-order valence-electron chi connectivity index (χ1n) is 9.68. The zero-order valence-electron chi connectivity index (χ0n) is 16.7. The number of carbonyl (C=O) groups excluding carboxylic acids is 3. The lowest BCUT2D eigenvalue weighted by atomic mass is 9.92. The Morgan fingerprint density at radius 3 is 2.54 bits per heavy atom. The van der Waals surface area contributed by atoms with Crippen LogP contribution in [0, 0.1) is 0 Å². The maximum Gasteiger partial charge on any atom is 0.325 e.